The monoisotopic (exact) mass is 348 g/mol. The van der Waals surface area contributed by atoms with Gasteiger partial charge in [0, 0.05) is 31.9 Å². The van der Waals surface area contributed by atoms with Crippen LogP contribution < -0.4 is 5.32 Å². The lowest BCUT2D eigenvalue weighted by Gasteiger charge is -2.40. The normalized spacial score (nSPS) is 22.4. The number of hydrogen-bond donors (Lipinski definition) is 1. The molecule has 2 amide bonds. The number of thiophene rings is 1. The van der Waals surface area contributed by atoms with Crippen LogP contribution in [-0.4, -0.2) is 47.0 Å². The standard InChI is InChI=1S/C17H24N4O2S/c1-13(14-4-7-24-11-14)8-18-16(22)21-5-6-23-17(2,12-21)15-9-19-20(3)10-15/h4,7,9-11,13H,5-6,8,12H2,1-3H3,(H,18,22)/t13-,17+/m1/s1. The summed E-state index contributed by atoms with van der Waals surface area (Å²) >= 11 is 1.68. The maximum absolute atomic E-state index is 12.5. The van der Waals surface area contributed by atoms with Crippen molar-refractivity contribution in [2.24, 2.45) is 7.05 Å². The lowest BCUT2D eigenvalue weighted by atomic mass is 9.97. The number of nitrogens with zero attached hydrogens (tertiary/aromatic N) is 3. The van der Waals surface area contributed by atoms with Crippen molar-refractivity contribution in [2.75, 3.05) is 26.2 Å². The number of amides is 2. The van der Waals surface area contributed by atoms with Crippen LogP contribution in [0.2, 0.25) is 0 Å². The van der Waals surface area contributed by atoms with Crippen molar-refractivity contribution in [3.8, 4) is 0 Å². The largest absolute Gasteiger partial charge is 0.367 e. The Morgan fingerprint density at radius 3 is 3.08 bits per heavy atom. The van der Waals surface area contributed by atoms with Crippen LogP contribution in [0.15, 0.2) is 29.2 Å². The van der Waals surface area contributed by atoms with Gasteiger partial charge in [0.05, 0.1) is 19.3 Å². The van der Waals surface area contributed by atoms with E-state index < -0.39 is 5.60 Å². The van der Waals surface area contributed by atoms with Crippen LogP contribution in [0, 0.1) is 0 Å². The average Bonchev–Trinajstić information content (AvgIpc) is 3.24. The molecular formula is C17H24N4O2S. The van der Waals surface area contributed by atoms with Crippen LogP contribution in [0.4, 0.5) is 4.79 Å². The van der Waals surface area contributed by atoms with Gasteiger partial charge in [-0.15, -0.1) is 0 Å². The Hall–Kier alpha value is -1.86. The van der Waals surface area contributed by atoms with Crippen LogP contribution in [0.1, 0.15) is 30.9 Å². The smallest absolute Gasteiger partial charge is 0.317 e. The Labute approximate surface area is 146 Å². The summed E-state index contributed by atoms with van der Waals surface area (Å²) in [7, 11) is 1.88. The number of ether oxygens (including phenoxy) is 1. The fourth-order valence-electron chi connectivity index (χ4n) is 2.94. The molecule has 0 saturated carbocycles. The van der Waals surface area contributed by atoms with Gasteiger partial charge in [-0.3, -0.25) is 4.68 Å². The van der Waals surface area contributed by atoms with Gasteiger partial charge in [0.25, 0.3) is 0 Å². The van der Waals surface area contributed by atoms with E-state index in [-0.39, 0.29) is 6.03 Å². The average molecular weight is 348 g/mol. The van der Waals surface area contributed by atoms with Gasteiger partial charge in [0.1, 0.15) is 5.60 Å². The van der Waals surface area contributed by atoms with Gasteiger partial charge in [-0.05, 0) is 35.2 Å². The Bertz CT molecular complexity index is 685. The molecule has 7 heteroatoms. The summed E-state index contributed by atoms with van der Waals surface area (Å²) < 4.78 is 7.71. The number of carbonyl (C=O) groups is 1. The highest BCUT2D eigenvalue weighted by Gasteiger charge is 2.36. The van der Waals surface area contributed by atoms with E-state index in [1.165, 1.54) is 5.56 Å². The van der Waals surface area contributed by atoms with E-state index in [2.05, 4.69) is 34.2 Å². The summed E-state index contributed by atoms with van der Waals surface area (Å²) in [6, 6.07) is 2.07. The maximum atomic E-state index is 12.5. The SMILES string of the molecule is C[C@H](CNC(=O)N1CCO[C@](C)(c2cnn(C)c2)C1)c1ccsc1. The molecule has 130 valence electrons. The van der Waals surface area contributed by atoms with E-state index in [0.717, 1.165) is 5.56 Å². The second-order valence-corrected chi connectivity index (χ2v) is 7.33. The Kier molecular flexibility index (Phi) is 4.91. The molecule has 0 aromatic carbocycles. The van der Waals surface area contributed by atoms with E-state index >= 15 is 0 Å². The first-order valence-electron chi connectivity index (χ1n) is 8.16. The molecule has 1 saturated heterocycles. The van der Waals surface area contributed by atoms with E-state index in [1.54, 1.807) is 22.2 Å². The molecule has 2 aromatic rings. The van der Waals surface area contributed by atoms with Crippen LogP contribution in [-0.2, 0) is 17.4 Å². The maximum Gasteiger partial charge on any atom is 0.317 e. The third kappa shape index (κ3) is 3.62. The fourth-order valence-corrected chi connectivity index (χ4v) is 3.72. The van der Waals surface area contributed by atoms with Crippen LogP contribution in [0.25, 0.3) is 0 Å². The quantitative estimate of drug-likeness (QED) is 0.924. The minimum Gasteiger partial charge on any atom is -0.367 e. The Balaban J connectivity index is 1.59. The highest BCUT2D eigenvalue weighted by Crippen LogP contribution is 2.29. The third-order valence-corrected chi connectivity index (χ3v) is 5.25. The second kappa shape index (κ2) is 6.94. The molecule has 3 rings (SSSR count). The number of rotatable bonds is 4. The molecule has 0 bridgehead atoms. The molecule has 2 aromatic heterocycles. The number of nitrogens with one attached hydrogen (secondary N) is 1. The summed E-state index contributed by atoms with van der Waals surface area (Å²) in [5.41, 5.74) is 1.75. The van der Waals surface area contributed by atoms with E-state index in [1.807, 2.05) is 25.1 Å². The summed E-state index contributed by atoms with van der Waals surface area (Å²) in [5, 5.41) is 11.5. The minimum absolute atomic E-state index is 0.0319. The topological polar surface area (TPSA) is 59.4 Å². The molecule has 6 nitrogen and oxygen atoms in total. The number of urea groups is 1. The predicted octanol–water partition coefficient (Wildman–Crippen LogP) is 2.54. The van der Waals surface area contributed by atoms with Gasteiger partial charge in [0.15, 0.2) is 0 Å². The number of aryl methyl sites for hydroxylation is 1. The zero-order chi connectivity index (χ0) is 17.2. The predicted molar refractivity (Wildman–Crippen MR) is 94.2 cm³/mol. The molecule has 1 fully saturated rings. The van der Waals surface area contributed by atoms with Gasteiger partial charge in [-0.1, -0.05) is 6.92 Å². The van der Waals surface area contributed by atoms with Gasteiger partial charge < -0.3 is 15.0 Å². The summed E-state index contributed by atoms with van der Waals surface area (Å²) in [4.78, 5) is 14.4. The van der Waals surface area contributed by atoms with E-state index in [9.17, 15) is 4.79 Å². The van der Waals surface area contributed by atoms with Gasteiger partial charge in [-0.2, -0.15) is 16.4 Å². The molecule has 3 heterocycles. The second-order valence-electron chi connectivity index (χ2n) is 6.55. The molecule has 1 aliphatic rings. The highest BCUT2D eigenvalue weighted by molar-refractivity contribution is 7.07. The van der Waals surface area contributed by atoms with Crippen molar-refractivity contribution in [2.45, 2.75) is 25.4 Å². The number of morpholine rings is 1. The van der Waals surface area contributed by atoms with Crippen LogP contribution in [0.3, 0.4) is 0 Å². The lowest BCUT2D eigenvalue weighted by molar-refractivity contribution is -0.0906. The van der Waals surface area contributed by atoms with Crippen molar-refractivity contribution < 1.29 is 9.53 Å². The lowest BCUT2D eigenvalue weighted by Crippen LogP contribution is -2.53. The molecule has 1 aliphatic heterocycles. The molecule has 0 radical (unpaired) electrons. The molecule has 24 heavy (non-hydrogen) atoms. The summed E-state index contributed by atoms with van der Waals surface area (Å²) in [5.74, 6) is 0.311. The van der Waals surface area contributed by atoms with Crippen molar-refractivity contribution in [3.63, 3.8) is 0 Å². The minimum atomic E-state index is -0.511. The van der Waals surface area contributed by atoms with Crippen molar-refractivity contribution in [1.82, 2.24) is 20.0 Å². The van der Waals surface area contributed by atoms with Gasteiger partial charge in [-0.25, -0.2) is 4.79 Å². The third-order valence-electron chi connectivity index (χ3n) is 4.55. The first-order valence-corrected chi connectivity index (χ1v) is 9.10. The summed E-state index contributed by atoms with van der Waals surface area (Å²) in [6.45, 7) is 6.43. The van der Waals surface area contributed by atoms with E-state index in [0.29, 0.717) is 32.2 Å². The van der Waals surface area contributed by atoms with Crippen LogP contribution in [0.5, 0.6) is 0 Å². The van der Waals surface area contributed by atoms with Crippen molar-refractivity contribution >= 4 is 17.4 Å². The zero-order valence-electron chi connectivity index (χ0n) is 14.4. The van der Waals surface area contributed by atoms with Crippen LogP contribution >= 0.6 is 11.3 Å². The fraction of sp³-hybridized carbons (Fsp3) is 0.529. The first-order chi connectivity index (χ1) is 11.5. The summed E-state index contributed by atoms with van der Waals surface area (Å²) in [6.07, 6.45) is 3.75. The zero-order valence-corrected chi connectivity index (χ0v) is 15.2. The van der Waals surface area contributed by atoms with E-state index in [4.69, 9.17) is 4.74 Å². The molecule has 1 N–H and O–H groups in total. The number of aromatic nitrogens is 2. The highest BCUT2D eigenvalue weighted by atomic mass is 32.1. The Morgan fingerprint density at radius 2 is 2.42 bits per heavy atom. The van der Waals surface area contributed by atoms with Gasteiger partial charge >= 0.3 is 6.03 Å². The Morgan fingerprint density at radius 1 is 1.58 bits per heavy atom. The first kappa shape index (κ1) is 17.0. The van der Waals surface area contributed by atoms with Gasteiger partial charge in [0.2, 0.25) is 0 Å². The molecular weight excluding hydrogens is 324 g/mol. The molecule has 2 atom stereocenters. The van der Waals surface area contributed by atoms with Crippen molar-refractivity contribution in [3.05, 3.63) is 40.3 Å². The number of carbonyl (C=O) groups excluding carboxylic acids is 1. The van der Waals surface area contributed by atoms with Crippen molar-refractivity contribution in [1.29, 1.82) is 0 Å². The molecule has 0 aliphatic carbocycles. The number of hydrogen-bond acceptors (Lipinski definition) is 4. The molecule has 0 unspecified atom stereocenters. The molecule has 0 spiro atoms.